The highest BCUT2D eigenvalue weighted by molar-refractivity contribution is 7.18. The highest BCUT2D eigenvalue weighted by Crippen LogP contribution is 2.37. The van der Waals surface area contributed by atoms with E-state index in [4.69, 9.17) is 9.72 Å². The van der Waals surface area contributed by atoms with E-state index in [0.717, 1.165) is 49.4 Å². The minimum Gasteiger partial charge on any atom is -0.378 e. The van der Waals surface area contributed by atoms with Gasteiger partial charge in [-0.3, -0.25) is 4.79 Å². The molecular weight excluding hydrogens is 296 g/mol. The van der Waals surface area contributed by atoms with Gasteiger partial charge in [0, 0.05) is 13.2 Å². The van der Waals surface area contributed by atoms with Crippen LogP contribution in [0.1, 0.15) is 43.2 Å². The standard InChI is InChI=1S/C17H20N2O2S/c20-16(11-12-5-4-10-21-12)19-9-3-7-14(19)17-18-13-6-1-2-8-15(13)22-17/h1-2,6,8,12,14H,3-5,7,9-11H2. The Morgan fingerprint density at radius 1 is 1.32 bits per heavy atom. The molecule has 5 heteroatoms. The first-order valence-electron chi connectivity index (χ1n) is 8.08. The first-order chi connectivity index (χ1) is 10.8. The molecule has 2 unspecified atom stereocenters. The zero-order valence-corrected chi connectivity index (χ0v) is 13.3. The Labute approximate surface area is 134 Å². The van der Waals surface area contributed by atoms with Crippen molar-refractivity contribution < 1.29 is 9.53 Å². The van der Waals surface area contributed by atoms with Crippen LogP contribution in [0.15, 0.2) is 24.3 Å². The topological polar surface area (TPSA) is 42.4 Å². The quantitative estimate of drug-likeness (QED) is 0.870. The van der Waals surface area contributed by atoms with Crippen molar-refractivity contribution in [1.82, 2.24) is 9.88 Å². The number of thiazole rings is 1. The molecule has 3 heterocycles. The highest BCUT2D eigenvalue weighted by atomic mass is 32.1. The smallest absolute Gasteiger partial charge is 0.225 e. The molecule has 1 amide bonds. The molecule has 22 heavy (non-hydrogen) atoms. The normalized spacial score (nSPS) is 25.2. The molecule has 2 aliphatic rings. The Kier molecular flexibility index (Phi) is 3.84. The van der Waals surface area contributed by atoms with Crippen LogP contribution in [0.25, 0.3) is 10.2 Å². The zero-order chi connectivity index (χ0) is 14.9. The molecule has 1 aromatic carbocycles. The summed E-state index contributed by atoms with van der Waals surface area (Å²) < 4.78 is 6.82. The predicted molar refractivity (Wildman–Crippen MR) is 86.9 cm³/mol. The lowest BCUT2D eigenvalue weighted by Crippen LogP contribution is -2.32. The second-order valence-electron chi connectivity index (χ2n) is 6.10. The van der Waals surface area contributed by atoms with Crippen molar-refractivity contribution in [1.29, 1.82) is 0 Å². The lowest BCUT2D eigenvalue weighted by atomic mass is 10.1. The van der Waals surface area contributed by atoms with E-state index in [1.165, 1.54) is 4.70 Å². The van der Waals surface area contributed by atoms with E-state index in [2.05, 4.69) is 6.07 Å². The van der Waals surface area contributed by atoms with Crippen molar-refractivity contribution in [3.8, 4) is 0 Å². The molecule has 0 aliphatic carbocycles. The summed E-state index contributed by atoms with van der Waals surface area (Å²) in [5, 5.41) is 1.08. The summed E-state index contributed by atoms with van der Waals surface area (Å²) >= 11 is 1.72. The van der Waals surface area contributed by atoms with Gasteiger partial charge in [0.25, 0.3) is 0 Å². The molecule has 2 saturated heterocycles. The molecule has 2 aliphatic heterocycles. The fourth-order valence-electron chi connectivity index (χ4n) is 3.47. The number of hydrogen-bond acceptors (Lipinski definition) is 4. The summed E-state index contributed by atoms with van der Waals surface area (Å²) in [4.78, 5) is 19.4. The van der Waals surface area contributed by atoms with Gasteiger partial charge in [0.1, 0.15) is 5.01 Å². The molecule has 2 aromatic rings. The molecule has 2 fully saturated rings. The predicted octanol–water partition coefficient (Wildman–Crippen LogP) is 3.53. The van der Waals surface area contributed by atoms with Crippen molar-refractivity contribution in [3.63, 3.8) is 0 Å². The Bertz CT molecular complexity index is 645. The number of ether oxygens (including phenoxy) is 1. The summed E-state index contributed by atoms with van der Waals surface area (Å²) in [7, 11) is 0. The summed E-state index contributed by atoms with van der Waals surface area (Å²) in [5.41, 5.74) is 1.04. The zero-order valence-electron chi connectivity index (χ0n) is 12.5. The van der Waals surface area contributed by atoms with Crippen LogP contribution in [-0.4, -0.2) is 35.0 Å². The van der Waals surface area contributed by atoms with E-state index in [-0.39, 0.29) is 18.1 Å². The van der Waals surface area contributed by atoms with Crippen molar-refractivity contribution >= 4 is 27.5 Å². The number of carbonyl (C=O) groups excluding carboxylic acids is 1. The summed E-state index contributed by atoms with van der Waals surface area (Å²) in [6.07, 6.45) is 4.85. The van der Waals surface area contributed by atoms with E-state index < -0.39 is 0 Å². The average Bonchev–Trinajstić information content (AvgIpc) is 3.26. The van der Waals surface area contributed by atoms with Gasteiger partial charge >= 0.3 is 0 Å². The number of aromatic nitrogens is 1. The Morgan fingerprint density at radius 2 is 2.23 bits per heavy atom. The summed E-state index contributed by atoms with van der Waals surface area (Å²) in [6, 6.07) is 8.36. The van der Waals surface area contributed by atoms with Gasteiger partial charge in [0.15, 0.2) is 0 Å². The van der Waals surface area contributed by atoms with Crippen LogP contribution in [0.4, 0.5) is 0 Å². The second-order valence-corrected chi connectivity index (χ2v) is 7.17. The number of carbonyl (C=O) groups is 1. The van der Waals surface area contributed by atoms with Crippen LogP contribution in [-0.2, 0) is 9.53 Å². The number of fused-ring (bicyclic) bond motifs is 1. The molecule has 116 valence electrons. The maximum atomic E-state index is 12.6. The van der Waals surface area contributed by atoms with Gasteiger partial charge < -0.3 is 9.64 Å². The monoisotopic (exact) mass is 316 g/mol. The van der Waals surface area contributed by atoms with Crippen molar-refractivity contribution in [2.45, 2.75) is 44.2 Å². The first kappa shape index (κ1) is 14.2. The molecule has 0 N–H and O–H groups in total. The third-order valence-electron chi connectivity index (χ3n) is 4.59. The number of benzene rings is 1. The van der Waals surface area contributed by atoms with Gasteiger partial charge in [-0.2, -0.15) is 0 Å². The van der Waals surface area contributed by atoms with Crippen molar-refractivity contribution in [2.24, 2.45) is 0 Å². The summed E-state index contributed by atoms with van der Waals surface area (Å²) in [6.45, 7) is 1.66. The third-order valence-corrected chi connectivity index (χ3v) is 5.73. The molecule has 4 rings (SSSR count). The molecular formula is C17H20N2O2S. The van der Waals surface area contributed by atoms with E-state index >= 15 is 0 Å². The summed E-state index contributed by atoms with van der Waals surface area (Å²) in [5.74, 6) is 0.230. The van der Waals surface area contributed by atoms with Crippen LogP contribution in [0, 0.1) is 0 Å². The second kappa shape index (κ2) is 5.97. The average molecular weight is 316 g/mol. The largest absolute Gasteiger partial charge is 0.378 e. The Hall–Kier alpha value is -1.46. The van der Waals surface area contributed by atoms with Crippen LogP contribution in [0.2, 0.25) is 0 Å². The van der Waals surface area contributed by atoms with Crippen molar-refractivity contribution in [2.75, 3.05) is 13.2 Å². The molecule has 4 nitrogen and oxygen atoms in total. The number of rotatable bonds is 3. The molecule has 2 atom stereocenters. The van der Waals surface area contributed by atoms with Gasteiger partial charge in [-0.05, 0) is 37.8 Å². The van der Waals surface area contributed by atoms with Crippen LogP contribution >= 0.6 is 11.3 Å². The molecule has 1 aromatic heterocycles. The number of likely N-dealkylation sites (tertiary alicyclic amines) is 1. The lowest BCUT2D eigenvalue weighted by Gasteiger charge is -2.24. The number of hydrogen-bond donors (Lipinski definition) is 0. The number of nitrogens with zero attached hydrogens (tertiary/aromatic N) is 2. The fourth-order valence-corrected chi connectivity index (χ4v) is 4.59. The molecule has 0 spiro atoms. The molecule has 0 bridgehead atoms. The van der Waals surface area contributed by atoms with Crippen molar-refractivity contribution in [3.05, 3.63) is 29.3 Å². The number of amides is 1. The van der Waals surface area contributed by atoms with E-state index in [0.29, 0.717) is 6.42 Å². The minimum atomic E-state index is 0.129. The van der Waals surface area contributed by atoms with Gasteiger partial charge in [-0.1, -0.05) is 12.1 Å². The maximum absolute atomic E-state index is 12.6. The Balaban J connectivity index is 1.53. The van der Waals surface area contributed by atoms with E-state index in [1.54, 1.807) is 11.3 Å². The van der Waals surface area contributed by atoms with Gasteiger partial charge in [0.05, 0.1) is 28.8 Å². The van der Waals surface area contributed by atoms with Crippen LogP contribution < -0.4 is 0 Å². The highest BCUT2D eigenvalue weighted by Gasteiger charge is 2.33. The molecule has 0 radical (unpaired) electrons. The van der Waals surface area contributed by atoms with Gasteiger partial charge in [0.2, 0.25) is 5.91 Å². The minimum absolute atomic E-state index is 0.129. The van der Waals surface area contributed by atoms with Crippen LogP contribution in [0.5, 0.6) is 0 Å². The first-order valence-corrected chi connectivity index (χ1v) is 8.89. The van der Waals surface area contributed by atoms with Gasteiger partial charge in [-0.25, -0.2) is 4.98 Å². The Morgan fingerprint density at radius 3 is 3.05 bits per heavy atom. The molecule has 0 saturated carbocycles. The maximum Gasteiger partial charge on any atom is 0.225 e. The van der Waals surface area contributed by atoms with E-state index in [1.807, 2.05) is 23.1 Å². The van der Waals surface area contributed by atoms with E-state index in [9.17, 15) is 4.79 Å². The lowest BCUT2D eigenvalue weighted by molar-refractivity contribution is -0.134. The third kappa shape index (κ3) is 2.63. The van der Waals surface area contributed by atoms with Crippen LogP contribution in [0.3, 0.4) is 0 Å². The SMILES string of the molecule is O=C(CC1CCCO1)N1CCCC1c1nc2ccccc2s1. The van der Waals surface area contributed by atoms with Gasteiger partial charge in [-0.15, -0.1) is 11.3 Å². The fraction of sp³-hybridized carbons (Fsp3) is 0.529. The number of para-hydroxylation sites is 1.